The number of nitrogens with zero attached hydrogens (tertiary/aromatic N) is 5. The first kappa shape index (κ1) is 21.0. The SMILES string of the molecule is CCn1c(-c2nonc2N)nc2c(-c3cc(Cl)ccc3Cl)ncc(OC3CCNCC3)c21. The number of nitrogen functional groups attached to an aromatic ring is 1. The van der Waals surface area contributed by atoms with Crippen molar-refractivity contribution < 1.29 is 9.37 Å². The predicted octanol–water partition coefficient (Wildman–Crippen LogP) is 4.19. The molecule has 0 spiro atoms. The number of rotatable bonds is 5. The quantitative estimate of drug-likeness (QED) is 0.442. The summed E-state index contributed by atoms with van der Waals surface area (Å²) in [7, 11) is 0. The molecule has 3 aromatic heterocycles. The van der Waals surface area contributed by atoms with Gasteiger partial charge in [-0.2, -0.15) is 0 Å². The lowest BCUT2D eigenvalue weighted by molar-refractivity contribution is 0.163. The van der Waals surface area contributed by atoms with Crippen molar-refractivity contribution in [2.45, 2.75) is 32.4 Å². The van der Waals surface area contributed by atoms with E-state index in [4.69, 9.17) is 43.3 Å². The van der Waals surface area contributed by atoms with Crippen LogP contribution in [0.15, 0.2) is 29.0 Å². The van der Waals surface area contributed by atoms with Crippen LogP contribution in [0.25, 0.3) is 33.8 Å². The fraction of sp³-hybridized carbons (Fsp3) is 0.333. The summed E-state index contributed by atoms with van der Waals surface area (Å²) >= 11 is 12.8. The topological polar surface area (TPSA) is 117 Å². The molecule has 32 heavy (non-hydrogen) atoms. The Morgan fingerprint density at radius 1 is 1.22 bits per heavy atom. The highest BCUT2D eigenvalue weighted by Crippen LogP contribution is 2.39. The van der Waals surface area contributed by atoms with Crippen LogP contribution in [-0.2, 0) is 6.54 Å². The van der Waals surface area contributed by atoms with Gasteiger partial charge in [0.05, 0.1) is 16.9 Å². The molecule has 0 amide bonds. The minimum atomic E-state index is 0.0873. The highest BCUT2D eigenvalue weighted by Gasteiger charge is 2.26. The zero-order valence-electron chi connectivity index (χ0n) is 17.3. The maximum absolute atomic E-state index is 6.50. The van der Waals surface area contributed by atoms with Crippen LogP contribution in [0.5, 0.6) is 5.75 Å². The number of imidazole rings is 1. The van der Waals surface area contributed by atoms with E-state index in [1.54, 1.807) is 24.4 Å². The normalized spacial score (nSPS) is 14.8. The lowest BCUT2D eigenvalue weighted by Gasteiger charge is -2.24. The maximum Gasteiger partial charge on any atom is 0.199 e. The number of nitrogens with one attached hydrogen (secondary N) is 1. The van der Waals surface area contributed by atoms with E-state index in [2.05, 4.69) is 20.6 Å². The summed E-state index contributed by atoms with van der Waals surface area (Å²) in [5, 5.41) is 12.1. The van der Waals surface area contributed by atoms with Crippen molar-refractivity contribution in [2.24, 2.45) is 0 Å². The van der Waals surface area contributed by atoms with Crippen LogP contribution in [0, 0.1) is 0 Å². The summed E-state index contributed by atoms with van der Waals surface area (Å²) in [6, 6.07) is 5.25. The van der Waals surface area contributed by atoms with Gasteiger partial charge in [-0.05, 0) is 61.4 Å². The number of anilines is 1. The lowest BCUT2D eigenvalue weighted by Crippen LogP contribution is -2.34. The molecule has 166 valence electrons. The highest BCUT2D eigenvalue weighted by atomic mass is 35.5. The van der Waals surface area contributed by atoms with Crippen molar-refractivity contribution in [3.05, 3.63) is 34.4 Å². The van der Waals surface area contributed by atoms with Gasteiger partial charge in [0.2, 0.25) is 0 Å². The van der Waals surface area contributed by atoms with Gasteiger partial charge in [-0.25, -0.2) is 14.6 Å². The van der Waals surface area contributed by atoms with Crippen LogP contribution in [0.4, 0.5) is 5.82 Å². The fourth-order valence-corrected chi connectivity index (χ4v) is 4.39. The standard InChI is InChI=1S/C21H21Cl2N7O2/c1-2-30-19-15(31-12-5-7-25-8-6-12)10-26-16(13-9-11(22)3-4-14(13)23)17(19)27-21(30)18-20(24)29-32-28-18/h3-4,9-10,12,25H,2,5-8H2,1H3,(H2,24,29). The molecular formula is C21H21Cl2N7O2. The van der Waals surface area contributed by atoms with Crippen molar-refractivity contribution in [2.75, 3.05) is 18.8 Å². The van der Waals surface area contributed by atoms with E-state index in [0.717, 1.165) is 31.4 Å². The minimum Gasteiger partial charge on any atom is -0.486 e. The Hall–Kier alpha value is -2.88. The number of aryl methyl sites for hydroxylation is 1. The van der Waals surface area contributed by atoms with Gasteiger partial charge in [0.1, 0.15) is 17.1 Å². The first-order valence-corrected chi connectivity index (χ1v) is 11.1. The third-order valence-corrected chi connectivity index (χ3v) is 6.11. The Labute approximate surface area is 193 Å². The average molecular weight is 474 g/mol. The Kier molecular flexibility index (Phi) is 5.62. The summed E-state index contributed by atoms with van der Waals surface area (Å²) in [5.74, 6) is 1.32. The largest absolute Gasteiger partial charge is 0.486 e. The third-order valence-electron chi connectivity index (χ3n) is 5.54. The monoisotopic (exact) mass is 473 g/mol. The molecule has 0 bridgehead atoms. The van der Waals surface area contributed by atoms with Crippen LogP contribution in [0.3, 0.4) is 0 Å². The molecule has 3 N–H and O–H groups in total. The molecule has 9 nitrogen and oxygen atoms in total. The number of pyridine rings is 1. The van der Waals surface area contributed by atoms with E-state index in [1.807, 2.05) is 11.5 Å². The number of hydrogen-bond acceptors (Lipinski definition) is 8. The first-order chi connectivity index (χ1) is 15.6. The number of aromatic nitrogens is 5. The third kappa shape index (κ3) is 3.66. The van der Waals surface area contributed by atoms with E-state index in [1.165, 1.54) is 0 Å². The molecule has 11 heteroatoms. The summed E-state index contributed by atoms with van der Waals surface area (Å²) in [6.45, 7) is 4.43. The number of hydrogen-bond donors (Lipinski definition) is 2. The Bertz CT molecular complexity index is 1280. The van der Waals surface area contributed by atoms with Gasteiger partial charge in [-0.15, -0.1) is 0 Å². The van der Waals surface area contributed by atoms with Gasteiger partial charge >= 0.3 is 0 Å². The van der Waals surface area contributed by atoms with Crippen molar-refractivity contribution in [3.63, 3.8) is 0 Å². The zero-order valence-corrected chi connectivity index (χ0v) is 18.8. The van der Waals surface area contributed by atoms with Crippen LogP contribution >= 0.6 is 23.2 Å². The molecule has 0 radical (unpaired) electrons. The second kappa shape index (κ2) is 8.57. The van der Waals surface area contributed by atoms with Crippen molar-refractivity contribution in [1.29, 1.82) is 0 Å². The Morgan fingerprint density at radius 3 is 2.75 bits per heavy atom. The molecule has 1 aliphatic rings. The average Bonchev–Trinajstić information content (AvgIpc) is 3.39. The Balaban J connectivity index is 1.76. The van der Waals surface area contributed by atoms with Crippen LogP contribution in [0.2, 0.25) is 10.0 Å². The Morgan fingerprint density at radius 2 is 2.03 bits per heavy atom. The molecule has 4 heterocycles. The molecular weight excluding hydrogens is 453 g/mol. The van der Waals surface area contributed by atoms with E-state index >= 15 is 0 Å². The van der Waals surface area contributed by atoms with Gasteiger partial charge in [0.25, 0.3) is 0 Å². The molecule has 1 aliphatic heterocycles. The van der Waals surface area contributed by atoms with Crippen molar-refractivity contribution in [3.8, 4) is 28.5 Å². The van der Waals surface area contributed by atoms with E-state index in [9.17, 15) is 0 Å². The fourth-order valence-electron chi connectivity index (χ4n) is 4.01. The van der Waals surface area contributed by atoms with Gasteiger partial charge < -0.3 is 20.4 Å². The number of piperidine rings is 1. The smallest absolute Gasteiger partial charge is 0.199 e. The second-order valence-electron chi connectivity index (χ2n) is 7.54. The highest BCUT2D eigenvalue weighted by molar-refractivity contribution is 6.35. The van der Waals surface area contributed by atoms with E-state index in [-0.39, 0.29) is 11.9 Å². The molecule has 0 saturated carbocycles. The van der Waals surface area contributed by atoms with Crippen molar-refractivity contribution in [1.82, 2.24) is 30.2 Å². The van der Waals surface area contributed by atoms with Crippen LogP contribution in [0.1, 0.15) is 19.8 Å². The van der Waals surface area contributed by atoms with Gasteiger partial charge in [-0.1, -0.05) is 23.2 Å². The molecule has 5 rings (SSSR count). The molecule has 1 fully saturated rings. The summed E-state index contributed by atoms with van der Waals surface area (Å²) in [6.07, 6.45) is 3.64. The molecule has 0 aliphatic carbocycles. The lowest BCUT2D eigenvalue weighted by atomic mass is 10.1. The number of fused-ring (bicyclic) bond motifs is 1. The number of nitrogens with two attached hydrogens (primary N) is 1. The van der Waals surface area contributed by atoms with Gasteiger partial charge in [0, 0.05) is 17.1 Å². The number of benzene rings is 1. The number of halogens is 2. The molecule has 1 aromatic carbocycles. The van der Waals surface area contributed by atoms with Crippen LogP contribution in [-0.4, -0.2) is 44.0 Å². The zero-order chi connectivity index (χ0) is 22.2. The summed E-state index contributed by atoms with van der Waals surface area (Å²) in [4.78, 5) is 9.54. The first-order valence-electron chi connectivity index (χ1n) is 10.4. The van der Waals surface area contributed by atoms with Crippen molar-refractivity contribution >= 4 is 40.1 Å². The minimum absolute atomic E-state index is 0.0873. The van der Waals surface area contributed by atoms with E-state index in [0.29, 0.717) is 50.6 Å². The second-order valence-corrected chi connectivity index (χ2v) is 8.38. The number of ether oxygens (including phenoxy) is 1. The summed E-state index contributed by atoms with van der Waals surface area (Å²) in [5.41, 5.74) is 9.01. The summed E-state index contributed by atoms with van der Waals surface area (Å²) < 4.78 is 13.2. The van der Waals surface area contributed by atoms with Crippen LogP contribution < -0.4 is 15.8 Å². The van der Waals surface area contributed by atoms with Gasteiger partial charge in [0.15, 0.2) is 23.1 Å². The predicted molar refractivity (Wildman–Crippen MR) is 123 cm³/mol. The molecule has 0 unspecified atom stereocenters. The maximum atomic E-state index is 6.50. The van der Waals surface area contributed by atoms with E-state index < -0.39 is 0 Å². The van der Waals surface area contributed by atoms with Gasteiger partial charge in [-0.3, -0.25) is 0 Å². The molecule has 4 aromatic rings. The molecule has 1 saturated heterocycles. The molecule has 0 atom stereocenters.